The van der Waals surface area contributed by atoms with Crippen LogP contribution in [-0.4, -0.2) is 57.8 Å². The molecule has 1 heterocycles. The third-order valence-corrected chi connectivity index (χ3v) is 4.42. The standard InChI is InChI=1S/C19H32N4O2.HI/c1-5-10-23-11-9-15(14-23)13-21-19(20-3)22-16-7-8-17(25-6-2)18(12-16)24-4;/h7-8,12,15H,5-6,9-11,13-14H2,1-4H3,(H2,20,21,22);1H. The van der Waals surface area contributed by atoms with E-state index < -0.39 is 0 Å². The van der Waals surface area contributed by atoms with Gasteiger partial charge in [0.2, 0.25) is 0 Å². The lowest BCUT2D eigenvalue weighted by atomic mass is 10.1. The Hall–Kier alpha value is -1.22. The molecule has 0 spiro atoms. The fourth-order valence-corrected chi connectivity index (χ4v) is 3.18. The first-order valence-electron chi connectivity index (χ1n) is 9.21. The number of aliphatic imine (C=N–C) groups is 1. The highest BCUT2D eigenvalue weighted by Gasteiger charge is 2.21. The molecule has 1 atom stereocenters. The summed E-state index contributed by atoms with van der Waals surface area (Å²) in [5, 5.41) is 6.76. The van der Waals surface area contributed by atoms with Gasteiger partial charge >= 0.3 is 0 Å². The number of methoxy groups -OCH3 is 1. The molecule has 1 saturated heterocycles. The van der Waals surface area contributed by atoms with E-state index in [0.717, 1.165) is 23.9 Å². The molecule has 1 aliphatic rings. The van der Waals surface area contributed by atoms with Crippen molar-refractivity contribution in [1.29, 1.82) is 0 Å². The summed E-state index contributed by atoms with van der Waals surface area (Å²) in [5.41, 5.74) is 0.924. The predicted molar refractivity (Wildman–Crippen MR) is 119 cm³/mol. The lowest BCUT2D eigenvalue weighted by Crippen LogP contribution is -2.35. The van der Waals surface area contributed by atoms with Gasteiger partial charge in [0.05, 0.1) is 13.7 Å². The van der Waals surface area contributed by atoms with Crippen LogP contribution in [0, 0.1) is 5.92 Å². The maximum atomic E-state index is 5.56. The Morgan fingerprint density at radius 3 is 2.77 bits per heavy atom. The molecule has 0 radical (unpaired) electrons. The van der Waals surface area contributed by atoms with E-state index in [1.54, 1.807) is 14.2 Å². The number of anilines is 1. The lowest BCUT2D eigenvalue weighted by molar-refractivity contribution is 0.311. The summed E-state index contributed by atoms with van der Waals surface area (Å²) in [7, 11) is 3.44. The van der Waals surface area contributed by atoms with E-state index in [2.05, 4.69) is 27.4 Å². The van der Waals surface area contributed by atoms with Crippen molar-refractivity contribution in [2.75, 3.05) is 52.3 Å². The van der Waals surface area contributed by atoms with Crippen LogP contribution in [-0.2, 0) is 0 Å². The molecule has 1 aromatic rings. The highest BCUT2D eigenvalue weighted by molar-refractivity contribution is 14.0. The van der Waals surface area contributed by atoms with Gasteiger partial charge in [-0.3, -0.25) is 4.99 Å². The second kappa shape index (κ2) is 12.2. The zero-order chi connectivity index (χ0) is 18.1. The van der Waals surface area contributed by atoms with E-state index in [-0.39, 0.29) is 24.0 Å². The van der Waals surface area contributed by atoms with Gasteiger partial charge in [0.1, 0.15) is 0 Å². The molecular formula is C19H33IN4O2. The van der Waals surface area contributed by atoms with Crippen LogP contribution in [0.25, 0.3) is 0 Å². The van der Waals surface area contributed by atoms with E-state index in [9.17, 15) is 0 Å². The van der Waals surface area contributed by atoms with E-state index in [1.807, 2.05) is 25.1 Å². The number of nitrogens with one attached hydrogen (secondary N) is 2. The van der Waals surface area contributed by atoms with Crippen molar-refractivity contribution in [1.82, 2.24) is 10.2 Å². The zero-order valence-electron chi connectivity index (χ0n) is 16.4. The first kappa shape index (κ1) is 22.8. The Morgan fingerprint density at radius 1 is 1.31 bits per heavy atom. The number of halogens is 1. The second-order valence-corrected chi connectivity index (χ2v) is 6.33. The minimum absolute atomic E-state index is 0. The Balaban J connectivity index is 0.00000338. The second-order valence-electron chi connectivity index (χ2n) is 6.33. The van der Waals surface area contributed by atoms with Crippen LogP contribution < -0.4 is 20.1 Å². The first-order chi connectivity index (χ1) is 12.2. The summed E-state index contributed by atoms with van der Waals surface area (Å²) < 4.78 is 11.0. The van der Waals surface area contributed by atoms with Crippen LogP contribution in [0.15, 0.2) is 23.2 Å². The molecule has 7 heteroatoms. The van der Waals surface area contributed by atoms with Gasteiger partial charge in [0, 0.05) is 31.9 Å². The number of hydrogen-bond acceptors (Lipinski definition) is 4. The van der Waals surface area contributed by atoms with Gasteiger partial charge < -0.3 is 25.0 Å². The van der Waals surface area contributed by atoms with Crippen LogP contribution in [0.5, 0.6) is 11.5 Å². The third-order valence-electron chi connectivity index (χ3n) is 4.42. The molecule has 0 bridgehead atoms. The Morgan fingerprint density at radius 2 is 2.12 bits per heavy atom. The number of nitrogens with zero attached hydrogens (tertiary/aromatic N) is 2. The highest BCUT2D eigenvalue weighted by Crippen LogP contribution is 2.30. The lowest BCUT2D eigenvalue weighted by Gasteiger charge is -2.17. The van der Waals surface area contributed by atoms with Crippen LogP contribution >= 0.6 is 24.0 Å². The zero-order valence-corrected chi connectivity index (χ0v) is 18.7. The average molecular weight is 476 g/mol. The van der Waals surface area contributed by atoms with Gasteiger partial charge in [-0.05, 0) is 50.9 Å². The quantitative estimate of drug-likeness (QED) is 0.342. The van der Waals surface area contributed by atoms with Gasteiger partial charge in [0.15, 0.2) is 17.5 Å². The molecule has 1 fully saturated rings. The Labute approximate surface area is 174 Å². The number of benzene rings is 1. The van der Waals surface area contributed by atoms with E-state index in [1.165, 1.54) is 32.5 Å². The van der Waals surface area contributed by atoms with Crippen LogP contribution in [0.4, 0.5) is 5.69 Å². The van der Waals surface area contributed by atoms with Crippen molar-refractivity contribution in [3.63, 3.8) is 0 Å². The third kappa shape index (κ3) is 6.83. The van der Waals surface area contributed by atoms with E-state index in [4.69, 9.17) is 9.47 Å². The monoisotopic (exact) mass is 476 g/mol. The number of hydrogen-bond donors (Lipinski definition) is 2. The Bertz CT molecular complexity index is 568. The van der Waals surface area contributed by atoms with Gasteiger partial charge in [-0.15, -0.1) is 24.0 Å². The van der Waals surface area contributed by atoms with Gasteiger partial charge in [-0.1, -0.05) is 6.92 Å². The summed E-state index contributed by atoms with van der Waals surface area (Å²) in [6, 6.07) is 5.81. The summed E-state index contributed by atoms with van der Waals surface area (Å²) in [6.07, 6.45) is 2.48. The molecular weight excluding hydrogens is 443 g/mol. The molecule has 0 aromatic heterocycles. The van der Waals surface area contributed by atoms with Gasteiger partial charge in [-0.2, -0.15) is 0 Å². The number of likely N-dealkylation sites (tertiary alicyclic amines) is 1. The molecule has 2 rings (SSSR count). The van der Waals surface area contributed by atoms with Crippen LogP contribution in [0.1, 0.15) is 26.7 Å². The molecule has 1 unspecified atom stereocenters. The molecule has 1 aliphatic heterocycles. The summed E-state index contributed by atoms with van der Waals surface area (Å²) in [5.74, 6) is 2.92. The molecule has 2 N–H and O–H groups in total. The number of guanidine groups is 1. The average Bonchev–Trinajstić information content (AvgIpc) is 3.07. The van der Waals surface area contributed by atoms with Crippen molar-refractivity contribution in [3.8, 4) is 11.5 Å². The molecule has 0 amide bonds. The normalized spacial score (nSPS) is 17.5. The van der Waals surface area contributed by atoms with Gasteiger partial charge in [0.25, 0.3) is 0 Å². The largest absolute Gasteiger partial charge is 0.493 e. The molecule has 26 heavy (non-hydrogen) atoms. The molecule has 1 aromatic carbocycles. The van der Waals surface area contributed by atoms with Crippen molar-refractivity contribution in [2.24, 2.45) is 10.9 Å². The smallest absolute Gasteiger partial charge is 0.195 e. The minimum Gasteiger partial charge on any atom is -0.493 e. The van der Waals surface area contributed by atoms with E-state index in [0.29, 0.717) is 18.3 Å². The number of rotatable bonds is 8. The SMILES string of the molecule is CCCN1CCC(CNC(=NC)Nc2ccc(OCC)c(OC)c2)C1.I. The fraction of sp³-hybridized carbons (Fsp3) is 0.632. The van der Waals surface area contributed by atoms with Crippen LogP contribution in [0.2, 0.25) is 0 Å². The van der Waals surface area contributed by atoms with Crippen molar-refractivity contribution in [3.05, 3.63) is 18.2 Å². The topological polar surface area (TPSA) is 58.1 Å². The minimum atomic E-state index is 0. The van der Waals surface area contributed by atoms with Crippen LogP contribution in [0.3, 0.4) is 0 Å². The van der Waals surface area contributed by atoms with E-state index >= 15 is 0 Å². The molecule has 6 nitrogen and oxygen atoms in total. The molecule has 0 aliphatic carbocycles. The van der Waals surface area contributed by atoms with Crippen molar-refractivity contribution in [2.45, 2.75) is 26.7 Å². The highest BCUT2D eigenvalue weighted by atomic mass is 127. The predicted octanol–water partition coefficient (Wildman–Crippen LogP) is 3.43. The summed E-state index contributed by atoms with van der Waals surface area (Å²) in [4.78, 5) is 6.86. The summed E-state index contributed by atoms with van der Waals surface area (Å²) >= 11 is 0. The maximum absolute atomic E-state index is 5.56. The van der Waals surface area contributed by atoms with Crippen molar-refractivity contribution >= 4 is 35.6 Å². The number of ether oxygens (including phenoxy) is 2. The van der Waals surface area contributed by atoms with Crippen molar-refractivity contribution < 1.29 is 9.47 Å². The summed E-state index contributed by atoms with van der Waals surface area (Å²) in [6.45, 7) is 9.34. The fourth-order valence-electron chi connectivity index (χ4n) is 3.18. The molecule has 148 valence electrons. The Kier molecular flexibility index (Phi) is 10.7. The van der Waals surface area contributed by atoms with Gasteiger partial charge in [-0.25, -0.2) is 0 Å². The first-order valence-corrected chi connectivity index (χ1v) is 9.21. The molecule has 0 saturated carbocycles. The maximum Gasteiger partial charge on any atom is 0.195 e.